The highest BCUT2D eigenvalue weighted by Gasteiger charge is 2.05. The number of pyridine rings is 1. The number of nitrogens with zero attached hydrogens (tertiary/aromatic N) is 3. The SMILES string of the molecule is COc1cccn2c(C#N)cnc12. The van der Waals surface area contributed by atoms with Gasteiger partial charge in [0, 0.05) is 6.20 Å². The van der Waals surface area contributed by atoms with Crippen molar-refractivity contribution in [3.63, 3.8) is 0 Å². The Labute approximate surface area is 75.0 Å². The fraction of sp³-hybridized carbons (Fsp3) is 0.111. The van der Waals surface area contributed by atoms with E-state index in [-0.39, 0.29) is 0 Å². The second-order valence-electron chi connectivity index (χ2n) is 2.53. The Morgan fingerprint density at radius 2 is 2.46 bits per heavy atom. The summed E-state index contributed by atoms with van der Waals surface area (Å²) in [4.78, 5) is 4.08. The van der Waals surface area contributed by atoms with Gasteiger partial charge in [-0.05, 0) is 12.1 Å². The third-order valence-corrected chi connectivity index (χ3v) is 1.83. The molecule has 4 nitrogen and oxygen atoms in total. The lowest BCUT2D eigenvalue weighted by molar-refractivity contribution is 0.417. The van der Waals surface area contributed by atoms with E-state index in [1.54, 1.807) is 17.7 Å². The van der Waals surface area contributed by atoms with Crippen LogP contribution in [0.2, 0.25) is 0 Å². The van der Waals surface area contributed by atoms with E-state index in [1.165, 1.54) is 6.20 Å². The van der Waals surface area contributed by atoms with Crippen LogP contribution in [0.4, 0.5) is 0 Å². The fourth-order valence-corrected chi connectivity index (χ4v) is 1.23. The lowest BCUT2D eigenvalue weighted by Crippen LogP contribution is -1.91. The first-order valence-electron chi connectivity index (χ1n) is 3.77. The van der Waals surface area contributed by atoms with Crippen LogP contribution in [0.15, 0.2) is 24.5 Å². The van der Waals surface area contributed by atoms with Crippen molar-refractivity contribution < 1.29 is 4.74 Å². The highest BCUT2D eigenvalue weighted by molar-refractivity contribution is 5.55. The van der Waals surface area contributed by atoms with E-state index < -0.39 is 0 Å². The molecule has 0 aliphatic heterocycles. The number of hydrogen-bond acceptors (Lipinski definition) is 3. The van der Waals surface area contributed by atoms with Crippen molar-refractivity contribution in [1.82, 2.24) is 9.38 Å². The summed E-state index contributed by atoms with van der Waals surface area (Å²) in [5.74, 6) is 0.670. The van der Waals surface area contributed by atoms with Crippen LogP contribution in [0.5, 0.6) is 5.75 Å². The predicted molar refractivity (Wildman–Crippen MR) is 46.5 cm³/mol. The van der Waals surface area contributed by atoms with Gasteiger partial charge in [0.2, 0.25) is 0 Å². The van der Waals surface area contributed by atoms with E-state index in [0.717, 1.165) is 0 Å². The summed E-state index contributed by atoms with van der Waals surface area (Å²) in [5.41, 5.74) is 1.18. The standard InChI is InChI=1S/C9H7N3O/c1-13-8-3-2-4-12-7(5-10)6-11-9(8)12/h2-4,6H,1H3. The maximum Gasteiger partial charge on any atom is 0.180 e. The van der Waals surface area contributed by atoms with Crippen molar-refractivity contribution in [2.75, 3.05) is 7.11 Å². The van der Waals surface area contributed by atoms with Crippen LogP contribution >= 0.6 is 0 Å². The highest BCUT2D eigenvalue weighted by Crippen LogP contribution is 2.18. The molecule has 2 rings (SSSR count). The molecular weight excluding hydrogens is 166 g/mol. The van der Waals surface area contributed by atoms with Crippen molar-refractivity contribution in [1.29, 1.82) is 5.26 Å². The molecule has 0 aliphatic carbocycles. The minimum absolute atomic E-state index is 0.508. The van der Waals surface area contributed by atoms with Crippen molar-refractivity contribution in [3.05, 3.63) is 30.2 Å². The minimum atomic E-state index is 0.508. The second kappa shape index (κ2) is 2.79. The zero-order valence-corrected chi connectivity index (χ0v) is 7.06. The molecule has 0 aliphatic rings. The number of methoxy groups -OCH3 is 1. The summed E-state index contributed by atoms with van der Waals surface area (Å²) in [6.07, 6.45) is 3.31. The van der Waals surface area contributed by atoms with Crippen LogP contribution in [0.1, 0.15) is 5.69 Å². The molecule has 0 N–H and O–H groups in total. The van der Waals surface area contributed by atoms with Crippen molar-refractivity contribution in [2.24, 2.45) is 0 Å². The normalized spacial score (nSPS) is 9.85. The second-order valence-corrected chi connectivity index (χ2v) is 2.53. The molecule has 4 heteroatoms. The van der Waals surface area contributed by atoms with Gasteiger partial charge in [-0.3, -0.25) is 4.40 Å². The number of nitriles is 1. The Kier molecular flexibility index (Phi) is 1.64. The highest BCUT2D eigenvalue weighted by atomic mass is 16.5. The summed E-state index contributed by atoms with van der Waals surface area (Å²) in [6.45, 7) is 0. The Bertz CT molecular complexity index is 481. The number of imidazole rings is 1. The molecule has 0 saturated carbocycles. The third-order valence-electron chi connectivity index (χ3n) is 1.83. The molecule has 13 heavy (non-hydrogen) atoms. The maximum atomic E-state index is 8.74. The number of fused-ring (bicyclic) bond motifs is 1. The van der Waals surface area contributed by atoms with E-state index in [1.807, 2.05) is 18.2 Å². The first-order valence-corrected chi connectivity index (χ1v) is 3.77. The molecule has 0 unspecified atom stereocenters. The molecule has 0 amide bonds. The molecular formula is C9H7N3O. The molecule has 0 spiro atoms. The molecule has 0 bridgehead atoms. The number of aromatic nitrogens is 2. The van der Waals surface area contributed by atoms with Crippen LogP contribution in [0.3, 0.4) is 0 Å². The summed E-state index contributed by atoms with van der Waals surface area (Å²) in [6, 6.07) is 5.67. The smallest absolute Gasteiger partial charge is 0.180 e. The zero-order chi connectivity index (χ0) is 9.26. The Morgan fingerprint density at radius 3 is 3.15 bits per heavy atom. The van der Waals surface area contributed by atoms with Gasteiger partial charge in [0.05, 0.1) is 13.3 Å². The maximum absolute atomic E-state index is 8.74. The van der Waals surface area contributed by atoms with Gasteiger partial charge in [-0.1, -0.05) is 0 Å². The van der Waals surface area contributed by atoms with Gasteiger partial charge in [0.15, 0.2) is 11.4 Å². The lowest BCUT2D eigenvalue weighted by atomic mass is 10.4. The Balaban J connectivity index is 2.81. The summed E-state index contributed by atoms with van der Waals surface area (Å²) >= 11 is 0. The average Bonchev–Trinajstić information content (AvgIpc) is 2.60. The Hall–Kier alpha value is -2.02. The zero-order valence-electron chi connectivity index (χ0n) is 7.06. The molecule has 2 aromatic rings. The molecule has 0 fully saturated rings. The summed E-state index contributed by atoms with van der Waals surface area (Å²) in [7, 11) is 1.58. The van der Waals surface area contributed by atoms with Crippen molar-refractivity contribution in [2.45, 2.75) is 0 Å². The van der Waals surface area contributed by atoms with Crippen LogP contribution in [-0.4, -0.2) is 16.5 Å². The molecule has 2 aromatic heterocycles. The van der Waals surface area contributed by atoms with Crippen LogP contribution in [-0.2, 0) is 0 Å². The first kappa shape index (κ1) is 7.62. The van der Waals surface area contributed by atoms with E-state index >= 15 is 0 Å². The van der Waals surface area contributed by atoms with Crippen molar-refractivity contribution >= 4 is 5.65 Å². The molecule has 0 aromatic carbocycles. The number of hydrogen-bond donors (Lipinski definition) is 0. The van der Waals surface area contributed by atoms with Crippen LogP contribution in [0, 0.1) is 11.3 Å². The summed E-state index contributed by atoms with van der Waals surface area (Å²) < 4.78 is 6.79. The molecule has 2 heterocycles. The Morgan fingerprint density at radius 1 is 1.62 bits per heavy atom. The van der Waals surface area contributed by atoms with Gasteiger partial charge in [0.25, 0.3) is 0 Å². The van der Waals surface area contributed by atoms with E-state index in [4.69, 9.17) is 10.00 Å². The summed E-state index contributed by atoms with van der Waals surface area (Å²) in [5, 5.41) is 8.74. The first-order chi connectivity index (χ1) is 6.36. The topological polar surface area (TPSA) is 50.3 Å². The van der Waals surface area contributed by atoms with Gasteiger partial charge < -0.3 is 4.74 Å². The largest absolute Gasteiger partial charge is 0.493 e. The quantitative estimate of drug-likeness (QED) is 0.651. The van der Waals surface area contributed by atoms with Gasteiger partial charge >= 0.3 is 0 Å². The molecule has 0 saturated heterocycles. The van der Waals surface area contributed by atoms with E-state index in [9.17, 15) is 0 Å². The van der Waals surface area contributed by atoms with Gasteiger partial charge in [-0.25, -0.2) is 4.98 Å². The van der Waals surface area contributed by atoms with Crippen LogP contribution < -0.4 is 4.74 Å². The third kappa shape index (κ3) is 1.02. The predicted octanol–water partition coefficient (Wildman–Crippen LogP) is 1.21. The molecule has 64 valence electrons. The molecule has 0 atom stereocenters. The monoisotopic (exact) mass is 173 g/mol. The van der Waals surface area contributed by atoms with Gasteiger partial charge in [0.1, 0.15) is 11.8 Å². The van der Waals surface area contributed by atoms with E-state index in [0.29, 0.717) is 17.1 Å². The van der Waals surface area contributed by atoms with Crippen molar-refractivity contribution in [3.8, 4) is 11.8 Å². The van der Waals surface area contributed by atoms with E-state index in [2.05, 4.69) is 4.98 Å². The minimum Gasteiger partial charge on any atom is -0.493 e. The number of rotatable bonds is 1. The van der Waals surface area contributed by atoms with Gasteiger partial charge in [-0.2, -0.15) is 5.26 Å². The number of ether oxygens (including phenoxy) is 1. The average molecular weight is 173 g/mol. The fourth-order valence-electron chi connectivity index (χ4n) is 1.23. The van der Waals surface area contributed by atoms with Gasteiger partial charge in [-0.15, -0.1) is 0 Å². The lowest BCUT2D eigenvalue weighted by Gasteiger charge is -2.00. The van der Waals surface area contributed by atoms with Crippen LogP contribution in [0.25, 0.3) is 5.65 Å². The molecule has 0 radical (unpaired) electrons.